The third kappa shape index (κ3) is 5.89. The van der Waals surface area contributed by atoms with Crippen molar-refractivity contribution in [2.24, 2.45) is 0 Å². The number of hydrogen-bond acceptors (Lipinski definition) is 7. The van der Waals surface area contributed by atoms with Gasteiger partial charge in [-0.3, -0.25) is 4.79 Å². The van der Waals surface area contributed by atoms with Crippen LogP contribution in [0.3, 0.4) is 0 Å². The van der Waals surface area contributed by atoms with Crippen LogP contribution in [0.1, 0.15) is 37.4 Å². The predicted octanol–water partition coefficient (Wildman–Crippen LogP) is 2.33. The van der Waals surface area contributed by atoms with Crippen molar-refractivity contribution >= 4 is 33.4 Å². The first-order valence-corrected chi connectivity index (χ1v) is 13.7. The molecule has 1 aromatic heterocycles. The number of nitrogens with one attached hydrogen (secondary N) is 1. The lowest BCUT2D eigenvalue weighted by Gasteiger charge is -2.30. The van der Waals surface area contributed by atoms with Crippen LogP contribution >= 0.6 is 11.8 Å². The molecule has 0 aliphatic carbocycles. The average Bonchev–Trinajstić information content (AvgIpc) is 3.43. The molecule has 2 saturated heterocycles. The van der Waals surface area contributed by atoms with Crippen LogP contribution in [0, 0.1) is 0 Å². The van der Waals surface area contributed by atoms with Gasteiger partial charge in [-0.2, -0.15) is 0 Å². The molecule has 1 amide bonds. The number of anilines is 1. The number of para-hydroxylation sites is 1. The first-order valence-electron chi connectivity index (χ1n) is 10.9. The molecule has 0 spiro atoms. The Morgan fingerprint density at radius 2 is 2.03 bits per heavy atom. The van der Waals surface area contributed by atoms with Gasteiger partial charge in [0.2, 0.25) is 15.9 Å². The lowest BCUT2D eigenvalue weighted by molar-refractivity contribution is -0.113. The molecule has 1 N–H and O–H groups in total. The lowest BCUT2D eigenvalue weighted by Crippen LogP contribution is -2.39. The van der Waals surface area contributed by atoms with Crippen LogP contribution in [0.4, 0.5) is 5.69 Å². The largest absolute Gasteiger partial charge is 0.376 e. The molecular weight excluding hydrogens is 450 g/mol. The topological polar surface area (TPSA) is 106 Å². The van der Waals surface area contributed by atoms with Crippen molar-refractivity contribution in [2.45, 2.75) is 49.4 Å². The van der Waals surface area contributed by atoms with Crippen LogP contribution in [0.5, 0.6) is 0 Å². The third-order valence-corrected chi connectivity index (χ3v) is 8.00. The second kappa shape index (κ2) is 10.3. The van der Waals surface area contributed by atoms with E-state index in [1.807, 2.05) is 34.9 Å². The van der Waals surface area contributed by atoms with E-state index in [2.05, 4.69) is 15.5 Å². The zero-order valence-electron chi connectivity index (χ0n) is 18.1. The molecule has 11 heteroatoms. The minimum absolute atomic E-state index is 0.0279. The van der Waals surface area contributed by atoms with Crippen molar-refractivity contribution < 1.29 is 17.9 Å². The lowest BCUT2D eigenvalue weighted by atomic mass is 9.98. The Kier molecular flexibility index (Phi) is 7.49. The summed E-state index contributed by atoms with van der Waals surface area (Å²) in [6, 6.07) is 9.33. The molecular formula is C21H29N5O4S2. The van der Waals surface area contributed by atoms with Gasteiger partial charge in [0.25, 0.3) is 0 Å². The van der Waals surface area contributed by atoms with E-state index in [-0.39, 0.29) is 23.7 Å². The van der Waals surface area contributed by atoms with Crippen molar-refractivity contribution in [1.82, 2.24) is 19.1 Å². The monoisotopic (exact) mass is 479 g/mol. The van der Waals surface area contributed by atoms with Crippen LogP contribution in [-0.2, 0) is 26.1 Å². The van der Waals surface area contributed by atoms with Gasteiger partial charge in [0.1, 0.15) is 5.82 Å². The number of nitrogens with zero attached hydrogens (tertiary/aromatic N) is 4. The summed E-state index contributed by atoms with van der Waals surface area (Å²) in [5.41, 5.74) is 0.752. The number of sulfonamides is 1. The second-order valence-corrected chi connectivity index (χ2v) is 11.2. The summed E-state index contributed by atoms with van der Waals surface area (Å²) in [6.45, 7) is 2.30. The van der Waals surface area contributed by atoms with Gasteiger partial charge in [0, 0.05) is 31.3 Å². The van der Waals surface area contributed by atoms with Gasteiger partial charge in [0.15, 0.2) is 5.16 Å². The SMILES string of the molecule is CS(=O)(=O)N1CCCC(c2nnc(SCC(=O)Nc3ccccc3)n2CC2CCCO2)C1. The van der Waals surface area contributed by atoms with E-state index < -0.39 is 10.0 Å². The fourth-order valence-corrected chi connectivity index (χ4v) is 5.84. The van der Waals surface area contributed by atoms with Gasteiger partial charge < -0.3 is 14.6 Å². The first-order chi connectivity index (χ1) is 15.4. The maximum Gasteiger partial charge on any atom is 0.234 e. The highest BCUT2D eigenvalue weighted by molar-refractivity contribution is 7.99. The normalized spacial score (nSPS) is 22.2. The van der Waals surface area contributed by atoms with Crippen LogP contribution < -0.4 is 5.32 Å². The molecule has 32 heavy (non-hydrogen) atoms. The van der Waals surface area contributed by atoms with Gasteiger partial charge in [-0.05, 0) is 37.8 Å². The van der Waals surface area contributed by atoms with Gasteiger partial charge in [-0.1, -0.05) is 30.0 Å². The molecule has 174 valence electrons. The molecule has 0 bridgehead atoms. The number of hydrogen-bond donors (Lipinski definition) is 1. The molecule has 4 rings (SSSR count). The van der Waals surface area contributed by atoms with Gasteiger partial charge in [-0.15, -0.1) is 10.2 Å². The molecule has 3 heterocycles. The van der Waals surface area contributed by atoms with Crippen LogP contribution in [0.15, 0.2) is 35.5 Å². The third-order valence-electron chi connectivity index (χ3n) is 5.76. The second-order valence-electron chi connectivity index (χ2n) is 8.25. The number of carbonyl (C=O) groups is 1. The Morgan fingerprint density at radius 1 is 1.22 bits per heavy atom. The Hall–Kier alpha value is -1.95. The number of ether oxygens (including phenoxy) is 1. The number of thioether (sulfide) groups is 1. The molecule has 9 nitrogen and oxygen atoms in total. The summed E-state index contributed by atoms with van der Waals surface area (Å²) in [4.78, 5) is 12.4. The van der Waals surface area contributed by atoms with Crippen LogP contribution in [-0.4, -0.2) is 71.2 Å². The van der Waals surface area contributed by atoms with E-state index in [9.17, 15) is 13.2 Å². The van der Waals surface area contributed by atoms with Gasteiger partial charge in [0.05, 0.1) is 24.7 Å². The molecule has 0 radical (unpaired) electrons. The fraction of sp³-hybridized carbons (Fsp3) is 0.571. The van der Waals surface area contributed by atoms with E-state index in [0.717, 1.165) is 43.8 Å². The smallest absolute Gasteiger partial charge is 0.234 e. The highest BCUT2D eigenvalue weighted by Crippen LogP contribution is 2.30. The molecule has 1 aromatic carbocycles. The zero-order valence-corrected chi connectivity index (χ0v) is 19.8. The predicted molar refractivity (Wildman–Crippen MR) is 123 cm³/mol. The molecule has 2 unspecified atom stereocenters. The number of amides is 1. The van der Waals surface area contributed by atoms with Crippen molar-refractivity contribution in [1.29, 1.82) is 0 Å². The molecule has 2 fully saturated rings. The number of rotatable bonds is 8. The van der Waals surface area contributed by atoms with Gasteiger partial charge in [-0.25, -0.2) is 12.7 Å². The first kappa shape index (κ1) is 23.2. The highest BCUT2D eigenvalue weighted by atomic mass is 32.2. The minimum Gasteiger partial charge on any atom is -0.376 e. The molecule has 2 aliphatic rings. The van der Waals surface area contributed by atoms with Crippen molar-refractivity contribution in [3.8, 4) is 0 Å². The molecule has 0 saturated carbocycles. The van der Waals surface area contributed by atoms with Crippen molar-refractivity contribution in [2.75, 3.05) is 37.0 Å². The standard InChI is InChI=1S/C21H29N5O4S2/c1-32(28,29)25-11-5-7-16(13-25)20-23-24-21(26(20)14-18-10-6-12-30-18)31-15-19(27)22-17-8-3-2-4-9-17/h2-4,8-9,16,18H,5-7,10-15H2,1H3,(H,22,27). The average molecular weight is 480 g/mol. The Labute approximate surface area is 193 Å². The van der Waals surface area contributed by atoms with Crippen molar-refractivity contribution in [3.63, 3.8) is 0 Å². The van der Waals surface area contributed by atoms with Gasteiger partial charge >= 0.3 is 0 Å². The van der Waals surface area contributed by atoms with Crippen molar-refractivity contribution in [3.05, 3.63) is 36.2 Å². The quantitative estimate of drug-likeness (QED) is 0.579. The number of piperidine rings is 1. The Bertz CT molecular complexity index is 1020. The number of aromatic nitrogens is 3. The minimum atomic E-state index is -3.25. The summed E-state index contributed by atoms with van der Waals surface area (Å²) in [6.07, 6.45) is 4.96. The Morgan fingerprint density at radius 3 is 2.75 bits per heavy atom. The zero-order chi connectivity index (χ0) is 22.6. The highest BCUT2D eigenvalue weighted by Gasteiger charge is 2.32. The van der Waals surface area contributed by atoms with Crippen LogP contribution in [0.25, 0.3) is 0 Å². The summed E-state index contributed by atoms with van der Waals surface area (Å²) in [5, 5.41) is 12.4. The maximum atomic E-state index is 12.4. The maximum absolute atomic E-state index is 12.4. The summed E-state index contributed by atoms with van der Waals surface area (Å²) >= 11 is 1.34. The van der Waals surface area contributed by atoms with E-state index >= 15 is 0 Å². The molecule has 2 aliphatic heterocycles. The van der Waals surface area contributed by atoms with E-state index in [1.54, 1.807) is 0 Å². The number of carbonyl (C=O) groups excluding carboxylic acids is 1. The fourth-order valence-electron chi connectivity index (χ4n) is 4.18. The summed E-state index contributed by atoms with van der Waals surface area (Å²) in [5.74, 6) is 0.841. The Balaban J connectivity index is 1.49. The molecule has 2 atom stereocenters. The van der Waals surface area contributed by atoms with E-state index in [1.165, 1.54) is 22.3 Å². The van der Waals surface area contributed by atoms with Crippen LogP contribution in [0.2, 0.25) is 0 Å². The summed E-state index contributed by atoms with van der Waals surface area (Å²) in [7, 11) is -3.25. The van der Waals surface area contributed by atoms with E-state index in [4.69, 9.17) is 4.74 Å². The molecule has 2 aromatic rings. The van der Waals surface area contributed by atoms with E-state index in [0.29, 0.717) is 24.8 Å². The summed E-state index contributed by atoms with van der Waals surface area (Å²) < 4.78 is 33.5. The number of benzene rings is 1.